The van der Waals surface area contributed by atoms with Crippen LogP contribution in [0.25, 0.3) is 0 Å². The van der Waals surface area contributed by atoms with Crippen molar-refractivity contribution in [2.24, 2.45) is 0 Å². The molecule has 6 heteroatoms. The molecule has 0 saturated carbocycles. The second-order valence-corrected chi connectivity index (χ2v) is 6.08. The van der Waals surface area contributed by atoms with Crippen molar-refractivity contribution in [1.82, 2.24) is 0 Å². The van der Waals surface area contributed by atoms with Gasteiger partial charge in [-0.05, 0) is 33.8 Å². The molecule has 0 radical (unpaired) electrons. The number of alkyl halides is 2. The van der Waals surface area contributed by atoms with E-state index in [1.165, 1.54) is 18.2 Å². The first kappa shape index (κ1) is 14.8. The maximum atomic E-state index is 12.6. The zero-order valence-corrected chi connectivity index (χ0v) is 12.1. The van der Waals surface area contributed by atoms with Crippen molar-refractivity contribution < 1.29 is 18.1 Å². The highest BCUT2D eigenvalue weighted by atomic mass is 35.5. The van der Waals surface area contributed by atoms with Crippen LogP contribution in [0.5, 0.6) is 0 Å². The van der Waals surface area contributed by atoms with Gasteiger partial charge in [0.15, 0.2) is 0 Å². The highest BCUT2D eigenvalue weighted by Crippen LogP contribution is 2.37. The third-order valence-corrected chi connectivity index (χ3v) is 4.11. The third kappa shape index (κ3) is 2.64. The Morgan fingerprint density at radius 3 is 2.05 bits per heavy atom. The Bertz CT molecular complexity index is 476. The topological polar surface area (TPSA) is 18.5 Å². The lowest BCUT2D eigenvalue weighted by atomic mass is 9.78. The lowest BCUT2D eigenvalue weighted by Gasteiger charge is -2.32. The minimum Gasteiger partial charge on any atom is -0.399 e. The number of hydrogen-bond acceptors (Lipinski definition) is 2. The van der Waals surface area contributed by atoms with Crippen LogP contribution in [0.4, 0.5) is 8.78 Å². The average Bonchev–Trinajstić information content (AvgIpc) is 2.47. The van der Waals surface area contributed by atoms with Crippen molar-refractivity contribution in [3.63, 3.8) is 0 Å². The average molecular weight is 289 g/mol. The zero-order valence-electron chi connectivity index (χ0n) is 11.3. The molecular formula is C13H16BClF2O2. The van der Waals surface area contributed by atoms with E-state index in [4.69, 9.17) is 20.9 Å². The van der Waals surface area contributed by atoms with Gasteiger partial charge in [0, 0.05) is 16.0 Å². The lowest BCUT2D eigenvalue weighted by Crippen LogP contribution is -2.41. The lowest BCUT2D eigenvalue weighted by molar-refractivity contribution is 0.00578. The van der Waals surface area contributed by atoms with Gasteiger partial charge in [-0.3, -0.25) is 0 Å². The molecule has 19 heavy (non-hydrogen) atoms. The first-order chi connectivity index (χ1) is 8.64. The summed E-state index contributed by atoms with van der Waals surface area (Å²) in [6.07, 6.45) is -2.54. The van der Waals surface area contributed by atoms with Crippen molar-refractivity contribution in [3.05, 3.63) is 28.8 Å². The Morgan fingerprint density at radius 2 is 1.63 bits per heavy atom. The summed E-state index contributed by atoms with van der Waals surface area (Å²) in [4.78, 5) is 0. The number of halogens is 3. The predicted molar refractivity (Wildman–Crippen MR) is 72.1 cm³/mol. The molecule has 2 nitrogen and oxygen atoms in total. The van der Waals surface area contributed by atoms with Crippen LogP contribution < -0.4 is 5.46 Å². The molecular weight excluding hydrogens is 272 g/mol. The second kappa shape index (κ2) is 4.72. The van der Waals surface area contributed by atoms with Crippen molar-refractivity contribution in [1.29, 1.82) is 0 Å². The van der Waals surface area contributed by atoms with E-state index in [-0.39, 0.29) is 10.6 Å². The van der Waals surface area contributed by atoms with Gasteiger partial charge in [-0.2, -0.15) is 0 Å². The second-order valence-electron chi connectivity index (χ2n) is 5.67. The van der Waals surface area contributed by atoms with E-state index in [0.29, 0.717) is 5.46 Å². The summed E-state index contributed by atoms with van der Waals surface area (Å²) in [7, 11) is -0.635. The summed E-state index contributed by atoms with van der Waals surface area (Å²) in [5.74, 6) is 0. The van der Waals surface area contributed by atoms with E-state index in [9.17, 15) is 8.78 Å². The normalized spacial score (nSPS) is 21.2. The van der Waals surface area contributed by atoms with E-state index in [1.807, 2.05) is 27.7 Å². The molecule has 0 atom stereocenters. The minimum atomic E-state index is -2.54. The molecule has 2 rings (SSSR count). The van der Waals surface area contributed by atoms with Crippen LogP contribution in [-0.2, 0) is 9.31 Å². The Balaban J connectivity index is 2.30. The van der Waals surface area contributed by atoms with Gasteiger partial charge in [0.1, 0.15) is 0 Å². The van der Waals surface area contributed by atoms with E-state index in [2.05, 4.69) is 0 Å². The minimum absolute atomic E-state index is 0.106. The van der Waals surface area contributed by atoms with Crippen LogP contribution in [0, 0.1) is 0 Å². The standard InChI is InChI=1S/C13H16BClF2O2/c1-12(2)13(3,4)19-14(18-12)9-6-5-8(11(16)17)7-10(9)15/h5-7,11H,1-4H3. The van der Waals surface area contributed by atoms with Crippen molar-refractivity contribution in [2.45, 2.75) is 45.3 Å². The van der Waals surface area contributed by atoms with Gasteiger partial charge in [0.25, 0.3) is 6.43 Å². The van der Waals surface area contributed by atoms with Gasteiger partial charge in [-0.15, -0.1) is 0 Å². The van der Waals surface area contributed by atoms with Gasteiger partial charge in [0.2, 0.25) is 0 Å². The molecule has 0 bridgehead atoms. The Morgan fingerprint density at radius 1 is 1.11 bits per heavy atom. The fraction of sp³-hybridized carbons (Fsp3) is 0.538. The predicted octanol–water partition coefficient (Wildman–Crippen LogP) is 3.58. The van der Waals surface area contributed by atoms with Crippen molar-refractivity contribution in [3.8, 4) is 0 Å². The van der Waals surface area contributed by atoms with Crippen LogP contribution >= 0.6 is 11.6 Å². The van der Waals surface area contributed by atoms with Gasteiger partial charge in [-0.25, -0.2) is 8.78 Å². The number of hydrogen-bond donors (Lipinski definition) is 0. The van der Waals surface area contributed by atoms with Gasteiger partial charge in [0.05, 0.1) is 11.2 Å². The molecule has 0 spiro atoms. The molecule has 1 aromatic rings. The maximum absolute atomic E-state index is 12.6. The molecule has 1 fully saturated rings. The summed E-state index contributed by atoms with van der Waals surface area (Å²) in [5, 5.41) is 0.233. The Kier molecular flexibility index (Phi) is 3.67. The third-order valence-electron chi connectivity index (χ3n) is 3.78. The van der Waals surface area contributed by atoms with Crippen molar-refractivity contribution in [2.75, 3.05) is 0 Å². The first-order valence-electron chi connectivity index (χ1n) is 6.07. The molecule has 1 aliphatic rings. The molecule has 104 valence electrons. The fourth-order valence-corrected chi connectivity index (χ4v) is 2.12. The van der Waals surface area contributed by atoms with E-state index >= 15 is 0 Å². The van der Waals surface area contributed by atoms with Gasteiger partial charge in [-0.1, -0.05) is 23.7 Å². The molecule has 1 saturated heterocycles. The molecule has 1 heterocycles. The van der Waals surface area contributed by atoms with E-state index in [1.54, 1.807) is 0 Å². The molecule has 0 N–H and O–H groups in total. The highest BCUT2D eigenvalue weighted by molar-refractivity contribution is 6.65. The summed E-state index contributed by atoms with van der Waals surface area (Å²) < 4.78 is 36.8. The molecule has 0 aromatic heterocycles. The zero-order chi connectivity index (χ0) is 14.4. The number of rotatable bonds is 2. The summed E-state index contributed by atoms with van der Waals surface area (Å²) in [6, 6.07) is 4.13. The van der Waals surface area contributed by atoms with E-state index < -0.39 is 24.7 Å². The van der Waals surface area contributed by atoms with Crippen LogP contribution in [0.1, 0.15) is 39.7 Å². The van der Waals surface area contributed by atoms with Crippen molar-refractivity contribution >= 4 is 24.2 Å². The smallest absolute Gasteiger partial charge is 0.399 e. The number of benzene rings is 1. The van der Waals surface area contributed by atoms with Gasteiger partial charge < -0.3 is 9.31 Å². The SMILES string of the molecule is CC1(C)OB(c2ccc(C(F)F)cc2Cl)OC1(C)C. The fourth-order valence-electron chi connectivity index (χ4n) is 1.84. The Hall–Kier alpha value is -0.645. The van der Waals surface area contributed by atoms with Crippen LogP contribution in [-0.4, -0.2) is 18.3 Å². The summed E-state index contributed by atoms with van der Waals surface area (Å²) in [6.45, 7) is 7.70. The maximum Gasteiger partial charge on any atom is 0.496 e. The monoisotopic (exact) mass is 288 g/mol. The summed E-state index contributed by atoms with van der Waals surface area (Å²) >= 11 is 6.05. The molecule has 0 unspecified atom stereocenters. The van der Waals surface area contributed by atoms with Crippen LogP contribution in [0.15, 0.2) is 18.2 Å². The summed E-state index contributed by atoms with van der Waals surface area (Å²) in [5.41, 5.74) is -0.500. The molecule has 0 amide bonds. The molecule has 1 aliphatic heterocycles. The van der Waals surface area contributed by atoms with Crippen LogP contribution in [0.3, 0.4) is 0 Å². The molecule has 1 aromatic carbocycles. The van der Waals surface area contributed by atoms with Crippen LogP contribution in [0.2, 0.25) is 5.02 Å². The van der Waals surface area contributed by atoms with Gasteiger partial charge >= 0.3 is 7.12 Å². The first-order valence-corrected chi connectivity index (χ1v) is 6.45. The highest BCUT2D eigenvalue weighted by Gasteiger charge is 2.52. The largest absolute Gasteiger partial charge is 0.496 e. The Labute approximate surface area is 117 Å². The van der Waals surface area contributed by atoms with E-state index in [0.717, 1.165) is 0 Å². The quantitative estimate of drug-likeness (QED) is 0.775. The molecule has 0 aliphatic carbocycles.